The highest BCUT2D eigenvalue weighted by molar-refractivity contribution is 5.93. The molecule has 2 N–H and O–H groups in total. The van der Waals surface area contributed by atoms with Gasteiger partial charge in [0.1, 0.15) is 0 Å². The highest BCUT2D eigenvalue weighted by Gasteiger charge is 2.20. The number of aromatic nitrogens is 5. The summed E-state index contributed by atoms with van der Waals surface area (Å²) in [6.45, 7) is 3.93. The molecule has 3 aromatic heterocycles. The maximum atomic E-state index is 12.8. The first-order valence-electron chi connectivity index (χ1n) is 8.45. The molecule has 0 saturated heterocycles. The second-order valence-electron chi connectivity index (χ2n) is 6.36. The van der Waals surface area contributed by atoms with Crippen LogP contribution in [0.2, 0.25) is 0 Å². The monoisotopic (exact) mass is 366 g/mol. The Balaban J connectivity index is 2.08. The minimum Gasteiger partial charge on any atom is -0.366 e. The number of aryl methyl sites for hydroxylation is 2. The van der Waals surface area contributed by atoms with Crippen LogP contribution in [0.4, 0.5) is 0 Å². The van der Waals surface area contributed by atoms with Gasteiger partial charge in [0.15, 0.2) is 11.2 Å². The van der Waals surface area contributed by atoms with E-state index in [2.05, 4.69) is 4.98 Å². The van der Waals surface area contributed by atoms with Gasteiger partial charge in [0.05, 0.1) is 0 Å². The van der Waals surface area contributed by atoms with Gasteiger partial charge < -0.3 is 5.73 Å². The highest BCUT2D eigenvalue weighted by atomic mass is 16.2. The smallest absolute Gasteiger partial charge is 0.332 e. The van der Waals surface area contributed by atoms with Gasteiger partial charge in [-0.05, 0) is 38.1 Å². The van der Waals surface area contributed by atoms with Crippen molar-refractivity contribution in [1.82, 2.24) is 23.1 Å². The summed E-state index contributed by atoms with van der Waals surface area (Å²) in [5, 5.41) is 0. The van der Waals surface area contributed by atoms with Crippen LogP contribution in [-0.4, -0.2) is 29.0 Å². The van der Waals surface area contributed by atoms with Gasteiger partial charge in [-0.1, -0.05) is 0 Å². The first kappa shape index (κ1) is 16.8. The van der Waals surface area contributed by atoms with Gasteiger partial charge in [0, 0.05) is 36.7 Å². The number of rotatable bonds is 3. The van der Waals surface area contributed by atoms with E-state index in [9.17, 15) is 14.4 Å². The summed E-state index contributed by atoms with van der Waals surface area (Å²) in [5.41, 5.74) is 7.23. The minimum absolute atomic E-state index is 0.281. The Morgan fingerprint density at radius 3 is 2.44 bits per heavy atom. The Kier molecular flexibility index (Phi) is 3.55. The van der Waals surface area contributed by atoms with Crippen molar-refractivity contribution >= 4 is 22.8 Å². The normalized spacial score (nSPS) is 11.5. The molecule has 0 fully saturated rings. The van der Waals surface area contributed by atoms with Crippen molar-refractivity contribution in [3.8, 4) is 5.69 Å². The average molecular weight is 366 g/mol. The highest BCUT2D eigenvalue weighted by Crippen LogP contribution is 2.21. The summed E-state index contributed by atoms with van der Waals surface area (Å²) in [5.74, 6) is 0.00729. The predicted molar refractivity (Wildman–Crippen MR) is 100 cm³/mol. The zero-order valence-corrected chi connectivity index (χ0v) is 15.1. The van der Waals surface area contributed by atoms with Crippen LogP contribution in [0.1, 0.15) is 23.0 Å². The molecule has 0 saturated carbocycles. The lowest BCUT2D eigenvalue weighted by Crippen LogP contribution is -2.38. The molecule has 0 bridgehead atoms. The zero-order valence-electron chi connectivity index (χ0n) is 15.1. The Labute approximate surface area is 152 Å². The van der Waals surface area contributed by atoms with E-state index < -0.39 is 11.6 Å². The topological polar surface area (TPSA) is 109 Å². The van der Waals surface area contributed by atoms with Gasteiger partial charge in [-0.3, -0.25) is 27.7 Å². The molecule has 0 aliphatic rings. The second-order valence-corrected chi connectivity index (χ2v) is 6.36. The number of amides is 1. The first-order chi connectivity index (χ1) is 12.8. The van der Waals surface area contributed by atoms with Crippen LogP contribution in [0.15, 0.2) is 40.1 Å². The summed E-state index contributed by atoms with van der Waals surface area (Å²) in [6, 6.07) is 6.79. The fourth-order valence-corrected chi connectivity index (χ4v) is 3.38. The largest absolute Gasteiger partial charge is 0.366 e. The molecule has 4 aromatic rings. The number of fused-ring (bicyclic) bond motifs is 3. The molecule has 138 valence electrons. The molecule has 0 aliphatic carbocycles. The van der Waals surface area contributed by atoms with Crippen molar-refractivity contribution in [2.45, 2.75) is 20.4 Å². The number of nitrogens with two attached hydrogens (primary N) is 1. The molecule has 0 unspecified atom stereocenters. The molecule has 4 rings (SSSR count). The minimum atomic E-state index is -0.502. The van der Waals surface area contributed by atoms with Crippen LogP contribution in [0.25, 0.3) is 22.6 Å². The number of imidazole rings is 2. The Morgan fingerprint density at radius 2 is 1.85 bits per heavy atom. The molecule has 9 heteroatoms. The molecule has 1 aromatic carbocycles. The maximum Gasteiger partial charge on any atom is 0.332 e. The maximum absolute atomic E-state index is 12.8. The van der Waals surface area contributed by atoms with Crippen LogP contribution in [0, 0.1) is 6.92 Å². The summed E-state index contributed by atoms with van der Waals surface area (Å²) < 4.78 is 6.11. The van der Waals surface area contributed by atoms with E-state index in [0.29, 0.717) is 22.5 Å². The van der Waals surface area contributed by atoms with Crippen LogP contribution in [-0.2, 0) is 13.6 Å². The van der Waals surface area contributed by atoms with Gasteiger partial charge in [-0.2, -0.15) is 4.98 Å². The lowest BCUT2D eigenvalue weighted by molar-refractivity contribution is 0.100. The van der Waals surface area contributed by atoms with E-state index in [4.69, 9.17) is 5.73 Å². The van der Waals surface area contributed by atoms with E-state index in [-0.39, 0.29) is 12.1 Å². The zero-order chi connectivity index (χ0) is 19.5. The quantitative estimate of drug-likeness (QED) is 0.571. The van der Waals surface area contributed by atoms with Crippen LogP contribution in [0.3, 0.4) is 0 Å². The van der Waals surface area contributed by atoms with Crippen molar-refractivity contribution in [2.24, 2.45) is 12.8 Å². The Hall–Kier alpha value is -3.62. The molecular weight excluding hydrogens is 348 g/mol. The second kappa shape index (κ2) is 5.70. The fraction of sp³-hybridized carbons (Fsp3) is 0.222. The molecule has 0 spiro atoms. The van der Waals surface area contributed by atoms with Crippen LogP contribution in [0.5, 0.6) is 0 Å². The molecule has 0 radical (unpaired) electrons. The standard InChI is InChI=1S/C18H18N6O3/c1-4-22-16(26)13-15(21(3)18(22)27)20-17-23(13)9-10(2)24(17)12-7-5-11(6-8-12)14(19)25/h5-9H,4H2,1-3H3,(H2,19,25). The average Bonchev–Trinajstić information content (AvgIpc) is 3.15. The number of hydrogen-bond donors (Lipinski definition) is 1. The van der Waals surface area contributed by atoms with Crippen molar-refractivity contribution < 1.29 is 4.79 Å². The van der Waals surface area contributed by atoms with Crippen LogP contribution < -0.4 is 17.0 Å². The molecule has 0 atom stereocenters. The number of benzene rings is 1. The fourth-order valence-electron chi connectivity index (χ4n) is 3.38. The van der Waals surface area contributed by atoms with Gasteiger partial charge in [0.25, 0.3) is 5.56 Å². The van der Waals surface area contributed by atoms with Crippen LogP contribution >= 0.6 is 0 Å². The number of carbonyl (C=O) groups excluding carboxylic acids is 1. The molecule has 1 amide bonds. The summed E-state index contributed by atoms with van der Waals surface area (Å²) in [4.78, 5) is 41.0. The SMILES string of the molecule is CCn1c(=O)c2c(nc3n(-c4ccc(C(N)=O)cc4)c(C)cn23)n(C)c1=O. The molecule has 0 aliphatic heterocycles. The van der Waals surface area contributed by atoms with E-state index in [1.54, 1.807) is 48.8 Å². The number of hydrogen-bond acceptors (Lipinski definition) is 4. The van der Waals surface area contributed by atoms with Crippen molar-refractivity contribution in [3.63, 3.8) is 0 Å². The van der Waals surface area contributed by atoms with Gasteiger partial charge in [-0.15, -0.1) is 0 Å². The first-order valence-corrected chi connectivity index (χ1v) is 8.45. The summed E-state index contributed by atoms with van der Waals surface area (Å²) in [7, 11) is 1.60. The number of nitrogens with zero attached hydrogens (tertiary/aromatic N) is 5. The number of primary amides is 1. The van der Waals surface area contributed by atoms with Crippen molar-refractivity contribution in [2.75, 3.05) is 0 Å². The molecular formula is C18H18N6O3. The lowest BCUT2D eigenvalue weighted by atomic mass is 10.2. The Bertz CT molecular complexity index is 1330. The van der Waals surface area contributed by atoms with Crippen molar-refractivity contribution in [1.29, 1.82) is 0 Å². The van der Waals surface area contributed by atoms with Crippen molar-refractivity contribution in [3.05, 3.63) is 62.6 Å². The van der Waals surface area contributed by atoms with E-state index in [1.807, 2.05) is 11.5 Å². The lowest BCUT2D eigenvalue weighted by Gasteiger charge is -2.06. The van der Waals surface area contributed by atoms with Gasteiger partial charge >= 0.3 is 5.69 Å². The third kappa shape index (κ3) is 2.24. The molecule has 9 nitrogen and oxygen atoms in total. The molecule has 3 heterocycles. The Morgan fingerprint density at radius 1 is 1.19 bits per heavy atom. The third-order valence-electron chi connectivity index (χ3n) is 4.75. The van der Waals surface area contributed by atoms with Gasteiger partial charge in [0.2, 0.25) is 11.7 Å². The van der Waals surface area contributed by atoms with Gasteiger partial charge in [-0.25, -0.2) is 4.79 Å². The molecule has 27 heavy (non-hydrogen) atoms. The van der Waals surface area contributed by atoms with E-state index in [0.717, 1.165) is 11.4 Å². The summed E-state index contributed by atoms with van der Waals surface area (Å²) >= 11 is 0. The van der Waals surface area contributed by atoms with E-state index >= 15 is 0 Å². The number of carbonyl (C=O) groups is 1. The van der Waals surface area contributed by atoms with E-state index in [1.165, 1.54) is 9.13 Å². The third-order valence-corrected chi connectivity index (χ3v) is 4.75. The summed E-state index contributed by atoms with van der Waals surface area (Å²) in [6.07, 6.45) is 1.80. The predicted octanol–water partition coefficient (Wildman–Crippen LogP) is 0.566.